The van der Waals surface area contributed by atoms with Crippen molar-refractivity contribution >= 4 is 75.3 Å². The third kappa shape index (κ3) is 2.85. The quantitative estimate of drug-likeness (QED) is 0.224. The zero-order valence-corrected chi connectivity index (χ0v) is 21.7. The maximum absolute atomic E-state index is 6.55. The van der Waals surface area contributed by atoms with Crippen LogP contribution in [0.25, 0.3) is 80.7 Å². The highest BCUT2D eigenvalue weighted by Gasteiger charge is 2.22. The third-order valence-electron chi connectivity index (χ3n) is 7.99. The van der Waals surface area contributed by atoms with Gasteiger partial charge in [-0.3, -0.25) is 0 Å². The average molecular weight is 516 g/mol. The summed E-state index contributed by atoms with van der Waals surface area (Å²) in [6.07, 6.45) is 0. The van der Waals surface area contributed by atoms with Crippen LogP contribution in [-0.4, -0.2) is 4.57 Å². The summed E-state index contributed by atoms with van der Waals surface area (Å²) in [6, 6.07) is 45.6. The van der Waals surface area contributed by atoms with Gasteiger partial charge in [0.15, 0.2) is 0 Å². The number of fused-ring (bicyclic) bond motifs is 10. The van der Waals surface area contributed by atoms with E-state index in [1.54, 1.807) is 0 Å². The first-order valence-corrected chi connectivity index (χ1v) is 14.0. The van der Waals surface area contributed by atoms with Crippen LogP contribution in [0, 0.1) is 0 Å². The van der Waals surface area contributed by atoms with Gasteiger partial charge in [-0.2, -0.15) is 0 Å². The summed E-state index contributed by atoms with van der Waals surface area (Å²) in [7, 11) is 0. The zero-order valence-electron chi connectivity index (χ0n) is 20.9. The van der Waals surface area contributed by atoms with Crippen molar-refractivity contribution in [2.75, 3.05) is 0 Å². The van der Waals surface area contributed by atoms with Crippen LogP contribution in [-0.2, 0) is 0 Å². The highest BCUT2D eigenvalue weighted by atomic mass is 32.1. The molecule has 9 aromatic rings. The second-order valence-corrected chi connectivity index (χ2v) is 11.1. The number of hydrogen-bond donors (Lipinski definition) is 0. The molecule has 3 aromatic heterocycles. The molecule has 39 heavy (non-hydrogen) atoms. The molecule has 0 spiro atoms. The van der Waals surface area contributed by atoms with Gasteiger partial charge < -0.3 is 8.98 Å². The van der Waals surface area contributed by atoms with Crippen molar-refractivity contribution in [1.29, 1.82) is 0 Å². The smallest absolute Gasteiger partial charge is 0.144 e. The van der Waals surface area contributed by atoms with E-state index in [4.69, 9.17) is 4.42 Å². The van der Waals surface area contributed by atoms with Crippen LogP contribution in [0.15, 0.2) is 132 Å². The first-order valence-electron chi connectivity index (χ1n) is 13.2. The number of aromatic nitrogens is 1. The van der Waals surface area contributed by atoms with E-state index in [2.05, 4.69) is 126 Å². The van der Waals surface area contributed by atoms with Crippen LogP contribution in [0.3, 0.4) is 0 Å². The molecule has 0 aliphatic heterocycles. The summed E-state index contributed by atoms with van der Waals surface area (Å²) < 4.78 is 11.5. The lowest BCUT2D eigenvalue weighted by atomic mass is 9.95. The number of thiophene rings is 1. The van der Waals surface area contributed by atoms with E-state index < -0.39 is 0 Å². The summed E-state index contributed by atoms with van der Waals surface area (Å²) in [5.41, 5.74) is 8.02. The highest BCUT2D eigenvalue weighted by Crippen LogP contribution is 2.48. The Morgan fingerprint density at radius 1 is 0.513 bits per heavy atom. The molecule has 0 aliphatic rings. The van der Waals surface area contributed by atoms with Gasteiger partial charge >= 0.3 is 0 Å². The number of hydrogen-bond acceptors (Lipinski definition) is 2. The number of nitrogens with zero attached hydrogens (tertiary/aromatic N) is 1. The van der Waals surface area contributed by atoms with Crippen molar-refractivity contribution in [3.63, 3.8) is 0 Å². The van der Waals surface area contributed by atoms with Crippen LogP contribution in [0.5, 0.6) is 0 Å². The zero-order chi connectivity index (χ0) is 25.5. The Kier molecular flexibility index (Phi) is 4.24. The third-order valence-corrected chi connectivity index (χ3v) is 9.20. The molecule has 0 radical (unpaired) electrons. The maximum Gasteiger partial charge on any atom is 0.144 e. The second kappa shape index (κ2) is 7.83. The summed E-state index contributed by atoms with van der Waals surface area (Å²) in [5, 5.41) is 7.33. The minimum Gasteiger partial charge on any atom is -0.455 e. The van der Waals surface area contributed by atoms with Crippen LogP contribution >= 0.6 is 11.3 Å². The van der Waals surface area contributed by atoms with E-state index in [9.17, 15) is 0 Å². The second-order valence-electron chi connectivity index (χ2n) is 10.1. The fraction of sp³-hybridized carbons (Fsp3) is 0. The van der Waals surface area contributed by atoms with E-state index in [1.165, 1.54) is 64.2 Å². The number of rotatable bonds is 2. The Morgan fingerprint density at radius 3 is 2.13 bits per heavy atom. The molecule has 0 fully saturated rings. The Labute approximate surface area is 227 Å². The van der Waals surface area contributed by atoms with E-state index in [1.807, 2.05) is 17.4 Å². The van der Waals surface area contributed by atoms with Gasteiger partial charge in [0.25, 0.3) is 0 Å². The predicted molar refractivity (Wildman–Crippen MR) is 166 cm³/mol. The minimum absolute atomic E-state index is 0.931. The molecular formula is C36H21NOS. The molecule has 0 saturated heterocycles. The van der Waals surface area contributed by atoms with E-state index in [-0.39, 0.29) is 0 Å². The van der Waals surface area contributed by atoms with Crippen LogP contribution in [0.4, 0.5) is 0 Å². The molecule has 6 aromatic carbocycles. The molecular weight excluding hydrogens is 494 g/mol. The van der Waals surface area contributed by atoms with Crippen LogP contribution < -0.4 is 0 Å². The Balaban J connectivity index is 1.50. The normalized spacial score (nSPS) is 12.1. The van der Waals surface area contributed by atoms with Gasteiger partial charge in [0.2, 0.25) is 0 Å². The van der Waals surface area contributed by atoms with Crippen molar-refractivity contribution in [3.05, 3.63) is 127 Å². The van der Waals surface area contributed by atoms with Crippen molar-refractivity contribution in [1.82, 2.24) is 4.57 Å². The predicted octanol–water partition coefficient (Wildman–Crippen LogP) is 10.7. The van der Waals surface area contributed by atoms with Crippen molar-refractivity contribution < 1.29 is 4.42 Å². The largest absolute Gasteiger partial charge is 0.455 e. The van der Waals surface area contributed by atoms with Gasteiger partial charge in [-0.05, 0) is 48.0 Å². The SMILES string of the molecule is c1ccc(-n2c3ccccc3c3c(-c4cc5c6ccccc6oc5c5c4sc4ccccc45)cccc32)cc1. The lowest BCUT2D eigenvalue weighted by Crippen LogP contribution is -1.92. The Bertz CT molecular complexity index is 2390. The summed E-state index contributed by atoms with van der Waals surface area (Å²) >= 11 is 1.86. The lowest BCUT2D eigenvalue weighted by Gasteiger charge is -2.10. The molecule has 0 aliphatic carbocycles. The van der Waals surface area contributed by atoms with Gasteiger partial charge in [0.1, 0.15) is 11.2 Å². The van der Waals surface area contributed by atoms with Gasteiger partial charge in [-0.15, -0.1) is 11.3 Å². The monoisotopic (exact) mass is 515 g/mol. The van der Waals surface area contributed by atoms with Crippen LogP contribution in [0.1, 0.15) is 0 Å². The van der Waals surface area contributed by atoms with Crippen molar-refractivity contribution in [3.8, 4) is 16.8 Å². The lowest BCUT2D eigenvalue weighted by molar-refractivity contribution is 0.673. The summed E-state index contributed by atoms with van der Waals surface area (Å²) in [5.74, 6) is 0. The molecule has 0 bridgehead atoms. The molecule has 3 heterocycles. The highest BCUT2D eigenvalue weighted by molar-refractivity contribution is 7.26. The minimum atomic E-state index is 0.931. The average Bonchev–Trinajstić information content (AvgIpc) is 3.66. The van der Waals surface area contributed by atoms with E-state index in [0.717, 1.165) is 16.6 Å². The van der Waals surface area contributed by atoms with Gasteiger partial charge in [-0.25, -0.2) is 0 Å². The topological polar surface area (TPSA) is 18.1 Å². The first-order chi connectivity index (χ1) is 19.4. The first kappa shape index (κ1) is 21.1. The fourth-order valence-corrected chi connectivity index (χ4v) is 7.59. The Hall–Kier alpha value is -4.86. The molecule has 0 saturated carbocycles. The molecule has 9 rings (SSSR count). The van der Waals surface area contributed by atoms with Gasteiger partial charge in [-0.1, -0.05) is 84.9 Å². The fourth-order valence-electron chi connectivity index (χ4n) is 6.36. The number of furan rings is 1. The molecule has 0 unspecified atom stereocenters. The number of para-hydroxylation sites is 3. The molecule has 0 N–H and O–H groups in total. The summed E-state index contributed by atoms with van der Waals surface area (Å²) in [6.45, 7) is 0. The number of benzene rings is 6. The molecule has 0 atom stereocenters. The molecule has 182 valence electrons. The van der Waals surface area contributed by atoms with E-state index >= 15 is 0 Å². The van der Waals surface area contributed by atoms with Gasteiger partial charge in [0, 0.05) is 53.0 Å². The molecule has 2 nitrogen and oxygen atoms in total. The van der Waals surface area contributed by atoms with E-state index in [0.29, 0.717) is 0 Å². The van der Waals surface area contributed by atoms with Gasteiger partial charge in [0.05, 0.1) is 11.0 Å². The maximum atomic E-state index is 6.55. The van der Waals surface area contributed by atoms with Crippen molar-refractivity contribution in [2.45, 2.75) is 0 Å². The summed E-state index contributed by atoms with van der Waals surface area (Å²) in [4.78, 5) is 0. The molecule has 0 amide bonds. The van der Waals surface area contributed by atoms with Crippen LogP contribution in [0.2, 0.25) is 0 Å². The Morgan fingerprint density at radius 2 is 1.23 bits per heavy atom. The molecule has 3 heteroatoms. The standard InChI is InChI=1S/C36H21NOS/c1-2-11-22(12-3-1)37-29-17-7-4-14-25(29)33-24(16-10-18-30(33)37)28-21-27-23-13-5-8-19-31(23)38-35(27)34-26-15-6-9-20-32(26)39-36(28)34/h1-21H. The van der Waals surface area contributed by atoms with Crippen molar-refractivity contribution in [2.24, 2.45) is 0 Å².